The second-order valence-electron chi connectivity index (χ2n) is 7.63. The van der Waals surface area contributed by atoms with Gasteiger partial charge in [-0.2, -0.15) is 0 Å². The third kappa shape index (κ3) is 2.72. The molecule has 1 aliphatic heterocycles. The number of aromatic nitrogens is 2. The van der Waals surface area contributed by atoms with Crippen molar-refractivity contribution in [3.8, 4) is 0 Å². The third-order valence-electron chi connectivity index (χ3n) is 5.84. The minimum atomic E-state index is -0.667. The Hall–Kier alpha value is -2.39. The highest BCUT2D eigenvalue weighted by atomic mass is 19.1. The first-order valence-electron chi connectivity index (χ1n) is 9.22. The van der Waals surface area contributed by atoms with E-state index in [1.807, 2.05) is 4.90 Å². The lowest BCUT2D eigenvalue weighted by Gasteiger charge is -2.25. The first kappa shape index (κ1) is 18.0. The molecule has 0 radical (unpaired) electrons. The number of halogens is 1. The molecule has 1 saturated carbocycles. The number of nitrogens with two attached hydrogens (primary N) is 2. The van der Waals surface area contributed by atoms with Gasteiger partial charge >= 0.3 is 5.69 Å². The van der Waals surface area contributed by atoms with Crippen LogP contribution in [0.25, 0.3) is 10.9 Å². The molecule has 2 fully saturated rings. The highest BCUT2D eigenvalue weighted by Gasteiger charge is 2.34. The lowest BCUT2D eigenvalue weighted by Crippen LogP contribution is -2.36. The zero-order valence-corrected chi connectivity index (χ0v) is 15.2. The molecule has 1 aromatic heterocycles. The summed E-state index contributed by atoms with van der Waals surface area (Å²) in [7, 11) is 0. The van der Waals surface area contributed by atoms with Crippen LogP contribution < -0.4 is 27.6 Å². The van der Waals surface area contributed by atoms with E-state index in [0.29, 0.717) is 29.9 Å². The third-order valence-corrected chi connectivity index (χ3v) is 5.84. The number of nitrogen functional groups attached to an aromatic ring is 1. The molecule has 2 unspecified atom stereocenters. The van der Waals surface area contributed by atoms with Crippen molar-refractivity contribution in [2.24, 2.45) is 11.7 Å². The van der Waals surface area contributed by atoms with Crippen molar-refractivity contribution in [1.82, 2.24) is 9.55 Å². The van der Waals surface area contributed by atoms with Gasteiger partial charge in [0.15, 0.2) is 5.82 Å². The molecule has 2 heterocycles. The summed E-state index contributed by atoms with van der Waals surface area (Å²) in [5.41, 5.74) is 11.8. The molecule has 146 valence electrons. The number of aryl methyl sites for hydroxylation is 1. The molecule has 0 amide bonds. The van der Waals surface area contributed by atoms with Crippen LogP contribution in [0.5, 0.6) is 0 Å². The molecule has 1 aliphatic carbocycles. The Morgan fingerprint density at radius 3 is 2.67 bits per heavy atom. The molecule has 0 spiro atoms. The topological polar surface area (TPSA) is 130 Å². The number of aliphatic hydroxyl groups is 1. The van der Waals surface area contributed by atoms with Crippen molar-refractivity contribution < 1.29 is 9.50 Å². The van der Waals surface area contributed by atoms with Crippen molar-refractivity contribution in [3.05, 3.63) is 32.2 Å². The zero-order valence-electron chi connectivity index (χ0n) is 15.2. The van der Waals surface area contributed by atoms with Gasteiger partial charge in [0.2, 0.25) is 0 Å². The van der Waals surface area contributed by atoms with Gasteiger partial charge in [-0.05, 0) is 32.1 Å². The molecule has 8 nitrogen and oxygen atoms in total. The molecule has 4 rings (SSSR count). The summed E-state index contributed by atoms with van der Waals surface area (Å²) in [4.78, 5) is 28.9. The van der Waals surface area contributed by atoms with Gasteiger partial charge < -0.3 is 21.5 Å². The predicted molar refractivity (Wildman–Crippen MR) is 102 cm³/mol. The van der Waals surface area contributed by atoms with E-state index in [9.17, 15) is 14.7 Å². The van der Waals surface area contributed by atoms with Gasteiger partial charge in [0.25, 0.3) is 5.56 Å². The van der Waals surface area contributed by atoms with E-state index in [2.05, 4.69) is 4.98 Å². The van der Waals surface area contributed by atoms with Crippen LogP contribution >= 0.6 is 0 Å². The Bertz CT molecular complexity index is 1030. The van der Waals surface area contributed by atoms with Crippen molar-refractivity contribution >= 4 is 22.3 Å². The van der Waals surface area contributed by atoms with E-state index in [-0.39, 0.29) is 35.7 Å². The number of nitrogens with one attached hydrogen (secondary N) is 1. The fourth-order valence-electron chi connectivity index (χ4n) is 4.23. The molecule has 6 N–H and O–H groups in total. The lowest BCUT2D eigenvalue weighted by atomic mass is 10.0. The van der Waals surface area contributed by atoms with Crippen LogP contribution in [0.3, 0.4) is 0 Å². The second kappa shape index (κ2) is 6.35. The number of nitrogens with zero attached hydrogens (tertiary/aromatic N) is 2. The number of benzene rings is 1. The van der Waals surface area contributed by atoms with Gasteiger partial charge in [-0.25, -0.2) is 9.18 Å². The molecule has 2 aromatic rings. The summed E-state index contributed by atoms with van der Waals surface area (Å²) < 4.78 is 16.7. The number of fused-ring (bicyclic) bond motifs is 1. The van der Waals surface area contributed by atoms with Gasteiger partial charge in [-0.15, -0.1) is 0 Å². The number of hydrogen-bond donors (Lipinski definition) is 4. The van der Waals surface area contributed by atoms with Crippen LogP contribution in [0.2, 0.25) is 0 Å². The van der Waals surface area contributed by atoms with Crippen LogP contribution in [-0.2, 0) is 0 Å². The maximum absolute atomic E-state index is 15.2. The zero-order chi connectivity index (χ0) is 19.5. The molecule has 2 atom stereocenters. The molecule has 27 heavy (non-hydrogen) atoms. The highest BCUT2D eigenvalue weighted by molar-refractivity contribution is 5.97. The van der Waals surface area contributed by atoms with E-state index < -0.39 is 17.1 Å². The first-order chi connectivity index (χ1) is 12.8. The van der Waals surface area contributed by atoms with E-state index in [1.54, 1.807) is 11.5 Å². The van der Waals surface area contributed by atoms with Crippen LogP contribution in [0.4, 0.5) is 15.8 Å². The molecule has 1 aromatic carbocycles. The number of rotatable bonds is 4. The number of aromatic amines is 1. The van der Waals surface area contributed by atoms with Crippen molar-refractivity contribution in [3.63, 3.8) is 0 Å². The standard InChI is InChI=1S/C18H24FN5O3/c1-8-15-12(17(26)22-18(27)24(15)10-2-3-10)14(21)13(19)16(8)23-5-4-9(6-23)11(20)7-25/h9-11,25H,2-7,20-21H2,1H3,(H,22,26,27). The minimum absolute atomic E-state index is 0.00222. The van der Waals surface area contributed by atoms with E-state index >= 15 is 4.39 Å². The molecule has 2 aliphatic rings. The summed E-state index contributed by atoms with van der Waals surface area (Å²) in [6.07, 6.45) is 2.40. The first-order valence-corrected chi connectivity index (χ1v) is 9.22. The normalized spacial score (nSPS) is 21.2. The van der Waals surface area contributed by atoms with E-state index in [4.69, 9.17) is 11.5 Å². The predicted octanol–water partition coefficient (Wildman–Crippen LogP) is 0.200. The smallest absolute Gasteiger partial charge is 0.329 e. The van der Waals surface area contributed by atoms with Gasteiger partial charge in [-0.1, -0.05) is 0 Å². The second-order valence-corrected chi connectivity index (χ2v) is 7.63. The minimum Gasteiger partial charge on any atom is -0.396 e. The van der Waals surface area contributed by atoms with E-state index in [1.165, 1.54) is 0 Å². The summed E-state index contributed by atoms with van der Waals surface area (Å²) >= 11 is 0. The number of hydrogen-bond acceptors (Lipinski definition) is 6. The Balaban J connectivity index is 1.94. The summed E-state index contributed by atoms with van der Waals surface area (Å²) in [6, 6.07) is -0.369. The van der Waals surface area contributed by atoms with Gasteiger partial charge in [0.1, 0.15) is 0 Å². The van der Waals surface area contributed by atoms with Crippen LogP contribution in [-0.4, -0.2) is 40.4 Å². The van der Waals surface area contributed by atoms with Crippen LogP contribution in [0.1, 0.15) is 30.9 Å². The van der Waals surface area contributed by atoms with Gasteiger partial charge in [0, 0.05) is 30.7 Å². The Morgan fingerprint density at radius 2 is 2.04 bits per heavy atom. The average molecular weight is 377 g/mol. The SMILES string of the molecule is Cc1c(N2CCC(C(N)CO)C2)c(F)c(N)c2c(=O)[nH]c(=O)n(C3CC3)c12. The van der Waals surface area contributed by atoms with Crippen LogP contribution in [0, 0.1) is 18.7 Å². The molecule has 1 saturated heterocycles. The van der Waals surface area contributed by atoms with E-state index in [0.717, 1.165) is 19.3 Å². The maximum Gasteiger partial charge on any atom is 0.329 e. The fraction of sp³-hybridized carbons (Fsp3) is 0.556. The largest absolute Gasteiger partial charge is 0.396 e. The van der Waals surface area contributed by atoms with Crippen molar-refractivity contribution in [1.29, 1.82) is 0 Å². The Kier molecular flexibility index (Phi) is 4.23. The summed E-state index contributed by atoms with van der Waals surface area (Å²) in [5, 5.41) is 9.33. The molecular weight excluding hydrogens is 353 g/mol. The Morgan fingerprint density at radius 1 is 1.33 bits per heavy atom. The fourth-order valence-corrected chi connectivity index (χ4v) is 4.23. The number of anilines is 2. The maximum atomic E-state index is 15.2. The van der Waals surface area contributed by atoms with Crippen molar-refractivity contribution in [2.75, 3.05) is 30.3 Å². The molecule has 0 bridgehead atoms. The van der Waals surface area contributed by atoms with Crippen molar-refractivity contribution in [2.45, 2.75) is 38.3 Å². The average Bonchev–Trinajstić information content (AvgIpc) is 3.35. The molecule has 9 heteroatoms. The summed E-state index contributed by atoms with van der Waals surface area (Å²) in [6.45, 7) is 2.65. The summed E-state index contributed by atoms with van der Waals surface area (Å²) in [5.74, 6) is -0.611. The quantitative estimate of drug-likeness (QED) is 0.563. The number of aliphatic hydroxyl groups excluding tert-OH is 1. The monoisotopic (exact) mass is 377 g/mol. The van der Waals surface area contributed by atoms with Gasteiger partial charge in [0.05, 0.1) is 28.9 Å². The highest BCUT2D eigenvalue weighted by Crippen LogP contribution is 2.41. The molecular formula is C18H24FN5O3. The Labute approximate surface area is 154 Å². The lowest BCUT2D eigenvalue weighted by molar-refractivity contribution is 0.233. The van der Waals surface area contributed by atoms with Crippen LogP contribution in [0.15, 0.2) is 9.59 Å². The number of H-pyrrole nitrogens is 1. The van der Waals surface area contributed by atoms with Gasteiger partial charge in [-0.3, -0.25) is 14.3 Å².